The third-order valence-corrected chi connectivity index (χ3v) is 5.96. The van der Waals surface area contributed by atoms with E-state index in [-0.39, 0.29) is 39.3 Å². The molecule has 1 aliphatic rings. The zero-order chi connectivity index (χ0) is 26.4. The standard InChI is InChI=1S/C23H19ClN2O9S/c1-3-34-18-9-13(8-16(24)21(18)35-12-20(28)33-2)10-19-22(29)25(23(30)36-19)11-17(27)14-4-6-15(7-5-14)26(31)32/h4-10H,3,11-12H2,1-2H3/b19-10-. The first-order chi connectivity index (χ1) is 17.1. The molecule has 1 saturated heterocycles. The Morgan fingerprint density at radius 1 is 1.17 bits per heavy atom. The molecule has 36 heavy (non-hydrogen) atoms. The predicted molar refractivity (Wildman–Crippen MR) is 130 cm³/mol. The SMILES string of the molecule is CCOc1cc(/C=C2\SC(=O)N(CC(=O)c3ccc([N+](=O)[O-])cc3)C2=O)cc(Cl)c1OCC(=O)OC. The first kappa shape index (κ1) is 26.7. The molecule has 188 valence electrons. The van der Waals surface area contributed by atoms with Gasteiger partial charge in [0.15, 0.2) is 23.9 Å². The second kappa shape index (κ2) is 11.7. The van der Waals surface area contributed by atoms with E-state index < -0.39 is 41.0 Å². The lowest BCUT2D eigenvalue weighted by molar-refractivity contribution is -0.384. The smallest absolute Gasteiger partial charge is 0.343 e. The van der Waals surface area contributed by atoms with Crippen molar-refractivity contribution in [2.75, 3.05) is 26.9 Å². The van der Waals surface area contributed by atoms with Crippen molar-refractivity contribution in [3.63, 3.8) is 0 Å². The summed E-state index contributed by atoms with van der Waals surface area (Å²) in [5, 5.41) is 10.2. The molecule has 0 spiro atoms. The minimum atomic E-state index is -0.680. The summed E-state index contributed by atoms with van der Waals surface area (Å²) in [5.41, 5.74) is 0.354. The Bertz CT molecular complexity index is 1260. The topological polar surface area (TPSA) is 142 Å². The van der Waals surface area contributed by atoms with Crippen molar-refractivity contribution in [2.45, 2.75) is 6.92 Å². The van der Waals surface area contributed by atoms with Gasteiger partial charge < -0.3 is 14.2 Å². The van der Waals surface area contributed by atoms with E-state index in [9.17, 15) is 29.3 Å². The highest BCUT2D eigenvalue weighted by molar-refractivity contribution is 8.18. The van der Waals surface area contributed by atoms with Crippen LogP contribution in [0.15, 0.2) is 41.3 Å². The van der Waals surface area contributed by atoms with Gasteiger partial charge in [0.1, 0.15) is 0 Å². The van der Waals surface area contributed by atoms with Gasteiger partial charge in [0, 0.05) is 17.7 Å². The average molecular weight is 535 g/mol. The highest BCUT2D eigenvalue weighted by atomic mass is 35.5. The van der Waals surface area contributed by atoms with Gasteiger partial charge in [-0.1, -0.05) is 11.6 Å². The number of benzene rings is 2. The van der Waals surface area contributed by atoms with E-state index in [1.807, 2.05) is 0 Å². The Kier molecular flexibility index (Phi) is 8.67. The number of hydrogen-bond donors (Lipinski definition) is 0. The fourth-order valence-electron chi connectivity index (χ4n) is 3.06. The summed E-state index contributed by atoms with van der Waals surface area (Å²) >= 11 is 6.95. The van der Waals surface area contributed by atoms with Crippen LogP contribution in [0.1, 0.15) is 22.8 Å². The number of nitrogens with zero attached hydrogens (tertiary/aromatic N) is 2. The van der Waals surface area contributed by atoms with Crippen LogP contribution in [0, 0.1) is 10.1 Å². The van der Waals surface area contributed by atoms with Gasteiger partial charge in [-0.15, -0.1) is 0 Å². The summed E-state index contributed by atoms with van der Waals surface area (Å²) < 4.78 is 15.5. The number of nitro benzene ring substituents is 1. The second-order valence-corrected chi connectivity index (χ2v) is 8.52. The quantitative estimate of drug-likeness (QED) is 0.143. The lowest BCUT2D eigenvalue weighted by atomic mass is 10.1. The van der Waals surface area contributed by atoms with E-state index >= 15 is 0 Å². The molecule has 0 bridgehead atoms. The Hall–Kier alpha value is -3.90. The third-order valence-electron chi connectivity index (χ3n) is 4.77. The van der Waals surface area contributed by atoms with Crippen LogP contribution in [0.5, 0.6) is 11.5 Å². The summed E-state index contributed by atoms with van der Waals surface area (Å²) in [7, 11) is 1.21. The highest BCUT2D eigenvalue weighted by Crippen LogP contribution is 2.39. The van der Waals surface area contributed by atoms with Crippen LogP contribution < -0.4 is 9.47 Å². The molecule has 1 heterocycles. The van der Waals surface area contributed by atoms with Gasteiger partial charge in [-0.25, -0.2) is 4.79 Å². The second-order valence-electron chi connectivity index (χ2n) is 7.12. The van der Waals surface area contributed by atoms with Gasteiger partial charge in [-0.05, 0) is 54.6 Å². The van der Waals surface area contributed by atoms with E-state index in [2.05, 4.69) is 4.74 Å². The van der Waals surface area contributed by atoms with Gasteiger partial charge in [0.05, 0.1) is 35.1 Å². The monoisotopic (exact) mass is 534 g/mol. The van der Waals surface area contributed by atoms with Crippen molar-refractivity contribution in [3.8, 4) is 11.5 Å². The Balaban J connectivity index is 1.79. The summed E-state index contributed by atoms with van der Waals surface area (Å²) in [6.07, 6.45) is 1.42. The number of methoxy groups -OCH3 is 1. The van der Waals surface area contributed by atoms with Crippen molar-refractivity contribution < 1.29 is 38.3 Å². The zero-order valence-electron chi connectivity index (χ0n) is 19.0. The molecule has 0 N–H and O–H groups in total. The number of hydrogen-bond acceptors (Lipinski definition) is 10. The number of rotatable bonds is 10. The van der Waals surface area contributed by atoms with E-state index in [0.717, 1.165) is 4.90 Å². The van der Waals surface area contributed by atoms with E-state index in [1.165, 1.54) is 49.6 Å². The lowest BCUT2D eigenvalue weighted by Crippen LogP contribution is -2.33. The summed E-state index contributed by atoms with van der Waals surface area (Å²) in [6.45, 7) is 1.08. The average Bonchev–Trinajstić information content (AvgIpc) is 3.10. The van der Waals surface area contributed by atoms with Gasteiger partial charge in [0.25, 0.3) is 16.8 Å². The van der Waals surface area contributed by atoms with Gasteiger partial charge >= 0.3 is 5.97 Å². The molecule has 0 aromatic heterocycles. The number of carbonyl (C=O) groups is 4. The molecule has 11 nitrogen and oxygen atoms in total. The minimum absolute atomic E-state index is 0.0539. The van der Waals surface area contributed by atoms with Crippen molar-refractivity contribution in [3.05, 3.63) is 67.6 Å². The minimum Gasteiger partial charge on any atom is -0.490 e. The third kappa shape index (κ3) is 6.20. The molecule has 1 fully saturated rings. The molecular weight excluding hydrogens is 516 g/mol. The molecule has 0 aliphatic carbocycles. The van der Waals surface area contributed by atoms with Crippen LogP contribution in [0.3, 0.4) is 0 Å². The van der Waals surface area contributed by atoms with Crippen LogP contribution in [0.4, 0.5) is 10.5 Å². The largest absolute Gasteiger partial charge is 0.490 e. The number of nitro groups is 1. The maximum Gasteiger partial charge on any atom is 0.343 e. The summed E-state index contributed by atoms with van der Waals surface area (Å²) in [5.74, 6) is -1.52. The molecule has 2 aromatic carbocycles. The van der Waals surface area contributed by atoms with Gasteiger partial charge in [-0.2, -0.15) is 0 Å². The van der Waals surface area contributed by atoms with Crippen molar-refractivity contribution in [1.29, 1.82) is 0 Å². The van der Waals surface area contributed by atoms with Crippen molar-refractivity contribution in [2.24, 2.45) is 0 Å². The Morgan fingerprint density at radius 3 is 2.47 bits per heavy atom. The molecule has 2 aromatic rings. The molecule has 3 rings (SSSR count). The molecule has 1 aliphatic heterocycles. The maximum absolute atomic E-state index is 12.8. The summed E-state index contributed by atoms with van der Waals surface area (Å²) in [4.78, 5) is 60.2. The Morgan fingerprint density at radius 2 is 1.86 bits per heavy atom. The highest BCUT2D eigenvalue weighted by Gasteiger charge is 2.36. The number of imide groups is 1. The number of ether oxygens (including phenoxy) is 3. The fourth-order valence-corrected chi connectivity index (χ4v) is 4.17. The lowest BCUT2D eigenvalue weighted by Gasteiger charge is -2.14. The molecular formula is C23H19ClN2O9S. The van der Waals surface area contributed by atoms with Crippen LogP contribution in [-0.2, 0) is 14.3 Å². The molecule has 13 heteroatoms. The molecule has 0 radical (unpaired) electrons. The predicted octanol–water partition coefficient (Wildman–Crippen LogP) is 4.12. The van der Waals surface area contributed by atoms with E-state index in [0.29, 0.717) is 17.3 Å². The molecule has 0 atom stereocenters. The zero-order valence-corrected chi connectivity index (χ0v) is 20.6. The fraction of sp³-hybridized carbons (Fsp3) is 0.217. The van der Waals surface area contributed by atoms with E-state index in [1.54, 1.807) is 6.92 Å². The number of carbonyl (C=O) groups excluding carboxylic acids is 4. The first-order valence-corrected chi connectivity index (χ1v) is 11.5. The maximum atomic E-state index is 12.8. The number of non-ortho nitro benzene ring substituents is 1. The number of esters is 1. The van der Waals surface area contributed by atoms with Crippen LogP contribution in [0.25, 0.3) is 6.08 Å². The Labute approximate surface area is 214 Å². The van der Waals surface area contributed by atoms with Crippen LogP contribution in [0.2, 0.25) is 5.02 Å². The number of Topliss-reactive ketones (excluding diaryl/α,β-unsaturated/α-hetero) is 1. The van der Waals surface area contributed by atoms with Crippen LogP contribution in [-0.4, -0.2) is 59.6 Å². The van der Waals surface area contributed by atoms with E-state index in [4.69, 9.17) is 21.1 Å². The number of halogens is 1. The number of ketones is 1. The number of amides is 2. The molecule has 0 unspecified atom stereocenters. The molecule has 0 saturated carbocycles. The molecule has 2 amide bonds. The first-order valence-electron chi connectivity index (χ1n) is 10.3. The van der Waals surface area contributed by atoms with Gasteiger partial charge in [0.2, 0.25) is 0 Å². The van der Waals surface area contributed by atoms with Gasteiger partial charge in [-0.3, -0.25) is 29.4 Å². The van der Waals surface area contributed by atoms with Crippen LogP contribution >= 0.6 is 23.4 Å². The number of thioether (sulfide) groups is 1. The van der Waals surface area contributed by atoms with Crippen molar-refractivity contribution in [1.82, 2.24) is 4.90 Å². The van der Waals surface area contributed by atoms with Crippen molar-refractivity contribution >= 4 is 58.0 Å². The normalized spacial score (nSPS) is 14.2. The summed E-state index contributed by atoms with van der Waals surface area (Å²) in [6, 6.07) is 7.84.